The molecule has 1 amide bonds. The van der Waals surface area contributed by atoms with Crippen molar-refractivity contribution in [2.75, 3.05) is 40.4 Å². The highest BCUT2D eigenvalue weighted by atomic mass is 19.1. The molecule has 0 spiro atoms. The van der Waals surface area contributed by atoms with Crippen LogP contribution in [0.2, 0.25) is 0 Å². The number of ether oxygens (including phenoxy) is 3. The molecule has 180 valence electrons. The highest BCUT2D eigenvalue weighted by Crippen LogP contribution is 2.38. The van der Waals surface area contributed by atoms with Gasteiger partial charge in [0.25, 0.3) is 0 Å². The molecule has 0 saturated carbocycles. The first-order chi connectivity index (χ1) is 16.5. The number of carbonyl (C=O) groups is 1. The third kappa shape index (κ3) is 5.56. The Labute approximate surface area is 198 Å². The van der Waals surface area contributed by atoms with Crippen molar-refractivity contribution in [2.45, 2.75) is 19.8 Å². The van der Waals surface area contributed by atoms with Gasteiger partial charge >= 0.3 is 0 Å². The summed E-state index contributed by atoms with van der Waals surface area (Å²) in [6.07, 6.45) is 3.55. The quantitative estimate of drug-likeness (QED) is 0.532. The Balaban J connectivity index is 1.46. The van der Waals surface area contributed by atoms with Gasteiger partial charge in [0.15, 0.2) is 23.1 Å². The van der Waals surface area contributed by atoms with Gasteiger partial charge in [0.1, 0.15) is 5.75 Å². The molecule has 0 radical (unpaired) electrons. The molecule has 3 aromatic rings. The fourth-order valence-electron chi connectivity index (χ4n) is 4.10. The number of nitrogens with one attached hydrogen (secondary N) is 1. The Morgan fingerprint density at radius 2 is 1.91 bits per heavy atom. The van der Waals surface area contributed by atoms with Crippen molar-refractivity contribution >= 4 is 16.8 Å². The van der Waals surface area contributed by atoms with E-state index in [4.69, 9.17) is 14.2 Å². The fraction of sp³-hybridized carbons (Fsp3) is 0.385. The molecular weight excluding hydrogens is 437 g/mol. The topological polar surface area (TPSA) is 72.9 Å². The highest BCUT2D eigenvalue weighted by Gasteiger charge is 2.22. The van der Waals surface area contributed by atoms with Crippen LogP contribution < -0.4 is 19.5 Å². The van der Waals surface area contributed by atoms with Gasteiger partial charge in [-0.2, -0.15) is 0 Å². The number of hydrogen-bond acceptors (Lipinski definition) is 6. The van der Waals surface area contributed by atoms with E-state index in [1.807, 2.05) is 19.1 Å². The first kappa shape index (κ1) is 23.8. The number of piperidine rings is 1. The van der Waals surface area contributed by atoms with Gasteiger partial charge in [0.2, 0.25) is 5.91 Å². The number of halogens is 1. The summed E-state index contributed by atoms with van der Waals surface area (Å²) in [5.41, 5.74) is 1.49. The fourth-order valence-corrected chi connectivity index (χ4v) is 4.10. The number of nitrogens with zero attached hydrogens (tertiary/aromatic N) is 2. The molecule has 8 heteroatoms. The van der Waals surface area contributed by atoms with Crippen LogP contribution in [-0.2, 0) is 4.79 Å². The number of fused-ring (bicyclic) bond motifs is 1. The van der Waals surface area contributed by atoms with Crippen LogP contribution in [0, 0.1) is 18.7 Å². The molecule has 1 N–H and O–H groups in total. The lowest BCUT2D eigenvalue weighted by molar-refractivity contribution is -0.122. The summed E-state index contributed by atoms with van der Waals surface area (Å²) in [6.45, 7) is 4.56. The van der Waals surface area contributed by atoms with Crippen LogP contribution in [-0.4, -0.2) is 56.2 Å². The molecule has 0 atom stereocenters. The first-order valence-electron chi connectivity index (χ1n) is 11.4. The number of rotatable bonds is 8. The minimum absolute atomic E-state index is 0.0385. The predicted octanol–water partition coefficient (Wildman–Crippen LogP) is 4.32. The van der Waals surface area contributed by atoms with Gasteiger partial charge in [-0.1, -0.05) is 6.07 Å². The average molecular weight is 468 g/mol. The second-order valence-corrected chi connectivity index (χ2v) is 8.57. The molecule has 2 heterocycles. The zero-order valence-corrected chi connectivity index (χ0v) is 19.8. The zero-order valence-electron chi connectivity index (χ0n) is 19.8. The van der Waals surface area contributed by atoms with Crippen LogP contribution >= 0.6 is 0 Å². The molecule has 1 saturated heterocycles. The van der Waals surface area contributed by atoms with Crippen LogP contribution in [0.15, 0.2) is 42.6 Å². The maximum Gasteiger partial charge on any atom is 0.233 e. The van der Waals surface area contributed by atoms with Crippen LogP contribution in [0.4, 0.5) is 4.39 Å². The second kappa shape index (κ2) is 10.7. The van der Waals surface area contributed by atoms with Gasteiger partial charge in [0.05, 0.1) is 25.8 Å². The molecule has 1 aromatic heterocycles. The molecule has 1 fully saturated rings. The number of likely N-dealkylation sites (tertiary alicyclic amines) is 1. The normalized spacial score (nSPS) is 14.7. The number of methoxy groups -OCH3 is 1. The minimum Gasteiger partial charge on any atom is -0.493 e. The Hall–Kier alpha value is -3.39. The van der Waals surface area contributed by atoms with Gasteiger partial charge in [-0.15, -0.1) is 0 Å². The third-order valence-electron chi connectivity index (χ3n) is 6.12. The molecule has 1 aliphatic heterocycles. The number of hydrogen-bond donors (Lipinski definition) is 1. The molecule has 0 aliphatic carbocycles. The SMILES string of the molecule is CNC(=O)CN1CCC(COc2cc3nccc(Oc4ccc(C)cc4F)c3cc2OC)CC1. The maximum atomic E-state index is 14.3. The number of pyridine rings is 1. The molecule has 7 nitrogen and oxygen atoms in total. The summed E-state index contributed by atoms with van der Waals surface area (Å²) in [7, 11) is 3.24. The third-order valence-corrected chi connectivity index (χ3v) is 6.12. The van der Waals surface area contributed by atoms with E-state index in [9.17, 15) is 9.18 Å². The number of aromatic nitrogens is 1. The summed E-state index contributed by atoms with van der Waals surface area (Å²) >= 11 is 0. The molecule has 1 aliphatic rings. The Bertz CT molecular complexity index is 1160. The minimum atomic E-state index is -0.418. The largest absolute Gasteiger partial charge is 0.493 e. The maximum absolute atomic E-state index is 14.3. The standard InChI is InChI=1S/C26H30FN3O4/c1-17-4-5-23(20(27)12-17)34-22-6-9-29-21-14-25(24(32-3)13-19(21)22)33-16-18-7-10-30(11-8-18)15-26(31)28-2/h4-6,9,12-14,18H,7-8,10-11,15-16H2,1-3H3,(H,28,31). The summed E-state index contributed by atoms with van der Waals surface area (Å²) < 4.78 is 31.9. The monoisotopic (exact) mass is 467 g/mol. The lowest BCUT2D eigenvalue weighted by Gasteiger charge is -2.31. The molecule has 2 aromatic carbocycles. The van der Waals surface area contributed by atoms with E-state index >= 15 is 0 Å². The smallest absolute Gasteiger partial charge is 0.233 e. The van der Waals surface area contributed by atoms with Crippen molar-refractivity contribution in [1.82, 2.24) is 15.2 Å². The van der Waals surface area contributed by atoms with Crippen LogP contribution in [0.5, 0.6) is 23.0 Å². The van der Waals surface area contributed by atoms with E-state index < -0.39 is 5.82 Å². The zero-order chi connectivity index (χ0) is 24.1. The number of aryl methyl sites for hydroxylation is 1. The van der Waals surface area contributed by atoms with Gasteiger partial charge in [0, 0.05) is 24.7 Å². The van der Waals surface area contributed by atoms with Crippen molar-refractivity contribution in [3.8, 4) is 23.0 Å². The van der Waals surface area contributed by atoms with E-state index in [-0.39, 0.29) is 11.7 Å². The van der Waals surface area contributed by atoms with Crippen LogP contribution in [0.3, 0.4) is 0 Å². The first-order valence-corrected chi connectivity index (χ1v) is 11.4. The van der Waals surface area contributed by atoms with Crippen LogP contribution in [0.1, 0.15) is 18.4 Å². The highest BCUT2D eigenvalue weighted by molar-refractivity contribution is 5.88. The van der Waals surface area contributed by atoms with Gasteiger partial charge in [-0.25, -0.2) is 4.39 Å². The summed E-state index contributed by atoms with van der Waals surface area (Å²) in [6, 6.07) is 10.2. The second-order valence-electron chi connectivity index (χ2n) is 8.57. The lowest BCUT2D eigenvalue weighted by Crippen LogP contribution is -2.41. The Morgan fingerprint density at radius 3 is 2.62 bits per heavy atom. The van der Waals surface area contributed by atoms with E-state index in [0.717, 1.165) is 31.5 Å². The van der Waals surface area contributed by atoms with Crippen LogP contribution in [0.25, 0.3) is 10.9 Å². The van der Waals surface area contributed by atoms with E-state index in [1.54, 1.807) is 38.6 Å². The molecule has 0 bridgehead atoms. The van der Waals surface area contributed by atoms with Gasteiger partial charge in [-0.3, -0.25) is 14.7 Å². The number of likely N-dealkylation sites (N-methyl/N-ethyl adjacent to an activating group) is 1. The van der Waals surface area contributed by atoms with Crippen molar-refractivity contribution in [3.63, 3.8) is 0 Å². The summed E-state index contributed by atoms with van der Waals surface area (Å²) in [5, 5.41) is 3.37. The van der Waals surface area contributed by atoms with Crippen molar-refractivity contribution in [3.05, 3.63) is 54.0 Å². The van der Waals surface area contributed by atoms with E-state index in [2.05, 4.69) is 15.2 Å². The molecule has 34 heavy (non-hydrogen) atoms. The van der Waals surface area contributed by atoms with E-state index in [1.165, 1.54) is 6.07 Å². The van der Waals surface area contributed by atoms with Gasteiger partial charge in [-0.05, 0) is 68.6 Å². The average Bonchev–Trinajstić information content (AvgIpc) is 2.84. The Kier molecular flexibility index (Phi) is 7.47. The number of carbonyl (C=O) groups excluding carboxylic acids is 1. The Morgan fingerprint density at radius 1 is 1.12 bits per heavy atom. The van der Waals surface area contributed by atoms with Crippen molar-refractivity contribution < 1.29 is 23.4 Å². The number of amides is 1. The number of benzene rings is 2. The predicted molar refractivity (Wildman–Crippen MR) is 128 cm³/mol. The summed E-state index contributed by atoms with van der Waals surface area (Å²) in [4.78, 5) is 18.2. The molecular formula is C26H30FN3O4. The molecule has 4 rings (SSSR count). The molecule has 0 unspecified atom stereocenters. The summed E-state index contributed by atoms with van der Waals surface area (Å²) in [5.74, 6) is 1.82. The van der Waals surface area contributed by atoms with Gasteiger partial charge < -0.3 is 19.5 Å². The van der Waals surface area contributed by atoms with E-state index in [0.29, 0.717) is 47.2 Å². The van der Waals surface area contributed by atoms with Crippen molar-refractivity contribution in [1.29, 1.82) is 0 Å². The lowest BCUT2D eigenvalue weighted by atomic mass is 9.98. The van der Waals surface area contributed by atoms with Crippen molar-refractivity contribution in [2.24, 2.45) is 5.92 Å².